The van der Waals surface area contributed by atoms with E-state index in [1.165, 1.54) is 10.8 Å². The van der Waals surface area contributed by atoms with Gasteiger partial charge in [-0.05, 0) is 47.9 Å². The number of aromatic nitrogens is 1. The molecule has 0 radical (unpaired) electrons. The summed E-state index contributed by atoms with van der Waals surface area (Å²) in [4.78, 5) is 4.53. The molecule has 2 heteroatoms. The molecule has 0 saturated heterocycles. The van der Waals surface area contributed by atoms with Crippen LogP contribution >= 0.6 is 0 Å². The Kier molecular flexibility index (Phi) is 4.84. The minimum atomic E-state index is 0.151. The second kappa shape index (κ2) is 7.04. The number of rotatable bonds is 5. The van der Waals surface area contributed by atoms with E-state index in [9.17, 15) is 0 Å². The maximum Gasteiger partial charge on any atom is 0.122 e. The SMILES string of the molecule is CCCOC1=CC(C)(C)CC=C1/C=C/c1nccc2ccccc12. The summed E-state index contributed by atoms with van der Waals surface area (Å²) in [5, 5.41) is 2.39. The highest BCUT2D eigenvalue weighted by atomic mass is 16.5. The third-order valence-electron chi connectivity index (χ3n) is 4.24. The van der Waals surface area contributed by atoms with E-state index in [0.717, 1.165) is 36.5 Å². The molecule has 1 aromatic carbocycles. The van der Waals surface area contributed by atoms with Crippen molar-refractivity contribution in [2.75, 3.05) is 6.61 Å². The van der Waals surface area contributed by atoms with Crippen molar-refractivity contribution in [3.63, 3.8) is 0 Å². The Hall–Kier alpha value is -2.35. The highest BCUT2D eigenvalue weighted by Gasteiger charge is 2.21. The Bertz CT molecular complexity index is 806. The first kappa shape index (κ1) is 16.5. The predicted octanol–water partition coefficient (Wildman–Crippen LogP) is 5.91. The summed E-state index contributed by atoms with van der Waals surface area (Å²) in [6.45, 7) is 7.37. The van der Waals surface area contributed by atoms with E-state index in [1.54, 1.807) is 0 Å². The molecular weight excluding hydrogens is 294 g/mol. The minimum Gasteiger partial charge on any atom is -0.493 e. The maximum absolute atomic E-state index is 5.98. The molecule has 0 atom stereocenters. The summed E-state index contributed by atoms with van der Waals surface area (Å²) in [5.74, 6) is 0.990. The lowest BCUT2D eigenvalue weighted by Gasteiger charge is -2.26. The molecule has 0 fully saturated rings. The summed E-state index contributed by atoms with van der Waals surface area (Å²) < 4.78 is 5.98. The third kappa shape index (κ3) is 3.76. The zero-order valence-corrected chi connectivity index (χ0v) is 14.8. The molecule has 0 N–H and O–H groups in total. The molecule has 2 nitrogen and oxygen atoms in total. The number of hydrogen-bond donors (Lipinski definition) is 0. The number of nitrogens with zero attached hydrogens (tertiary/aromatic N) is 1. The van der Waals surface area contributed by atoms with Crippen molar-refractivity contribution in [3.8, 4) is 0 Å². The van der Waals surface area contributed by atoms with Gasteiger partial charge in [-0.25, -0.2) is 0 Å². The summed E-state index contributed by atoms with van der Waals surface area (Å²) >= 11 is 0. The molecule has 0 aliphatic heterocycles. The Labute approximate surface area is 144 Å². The standard InChI is InChI=1S/C22H25NO/c1-4-15-24-21-16-22(2,3)13-11-18(21)9-10-20-19-8-6-5-7-17(19)12-14-23-20/h5-12,14,16H,4,13,15H2,1-3H3/b10-9+. The number of pyridine rings is 1. The number of benzene rings is 1. The molecule has 2 aromatic rings. The highest BCUT2D eigenvalue weighted by Crippen LogP contribution is 2.34. The van der Waals surface area contributed by atoms with Crippen LogP contribution in [0.15, 0.2) is 66.1 Å². The zero-order valence-electron chi connectivity index (χ0n) is 14.8. The quantitative estimate of drug-likeness (QED) is 0.683. The lowest BCUT2D eigenvalue weighted by molar-refractivity contribution is 0.213. The second-order valence-electron chi connectivity index (χ2n) is 6.96. The van der Waals surface area contributed by atoms with Crippen LogP contribution in [0.4, 0.5) is 0 Å². The first-order chi connectivity index (χ1) is 11.6. The molecular formula is C22H25NO. The van der Waals surface area contributed by atoms with Gasteiger partial charge in [-0.2, -0.15) is 0 Å². The van der Waals surface area contributed by atoms with Crippen molar-refractivity contribution in [2.45, 2.75) is 33.6 Å². The third-order valence-corrected chi connectivity index (χ3v) is 4.24. The van der Waals surface area contributed by atoms with Crippen molar-refractivity contribution in [2.24, 2.45) is 5.41 Å². The molecule has 3 rings (SSSR count). The molecule has 24 heavy (non-hydrogen) atoms. The average Bonchev–Trinajstić information content (AvgIpc) is 2.58. The fourth-order valence-electron chi connectivity index (χ4n) is 2.90. The van der Waals surface area contributed by atoms with Crippen molar-refractivity contribution in [1.82, 2.24) is 4.98 Å². The molecule has 0 spiro atoms. The summed E-state index contributed by atoms with van der Waals surface area (Å²) in [5.41, 5.74) is 2.30. The molecule has 0 unspecified atom stereocenters. The molecule has 124 valence electrons. The topological polar surface area (TPSA) is 22.1 Å². The Morgan fingerprint density at radius 3 is 2.83 bits per heavy atom. The zero-order chi connectivity index (χ0) is 17.0. The van der Waals surface area contributed by atoms with E-state index < -0.39 is 0 Å². The van der Waals surface area contributed by atoms with Crippen LogP contribution in [0.5, 0.6) is 0 Å². The maximum atomic E-state index is 5.98. The second-order valence-corrected chi connectivity index (χ2v) is 6.96. The van der Waals surface area contributed by atoms with Gasteiger partial charge in [0.1, 0.15) is 5.76 Å². The smallest absolute Gasteiger partial charge is 0.122 e. The van der Waals surface area contributed by atoms with Crippen LogP contribution in [0.1, 0.15) is 39.3 Å². The average molecular weight is 319 g/mol. The summed E-state index contributed by atoms with van der Waals surface area (Å²) in [6, 6.07) is 10.4. The largest absolute Gasteiger partial charge is 0.493 e. The van der Waals surface area contributed by atoms with Gasteiger partial charge >= 0.3 is 0 Å². The molecule has 0 saturated carbocycles. The van der Waals surface area contributed by atoms with Crippen LogP contribution < -0.4 is 0 Å². The lowest BCUT2D eigenvalue weighted by atomic mass is 9.83. The molecule has 1 aliphatic carbocycles. The number of hydrogen-bond acceptors (Lipinski definition) is 2. The van der Waals surface area contributed by atoms with E-state index >= 15 is 0 Å². The fraction of sp³-hybridized carbons (Fsp3) is 0.318. The van der Waals surface area contributed by atoms with Gasteiger partial charge in [0, 0.05) is 17.2 Å². The van der Waals surface area contributed by atoms with Crippen molar-refractivity contribution < 1.29 is 4.74 Å². The first-order valence-corrected chi connectivity index (χ1v) is 8.67. The van der Waals surface area contributed by atoms with Crippen molar-refractivity contribution in [1.29, 1.82) is 0 Å². The van der Waals surface area contributed by atoms with Gasteiger partial charge in [-0.1, -0.05) is 51.1 Å². The first-order valence-electron chi connectivity index (χ1n) is 8.67. The van der Waals surface area contributed by atoms with Gasteiger partial charge in [-0.3, -0.25) is 4.98 Å². The van der Waals surface area contributed by atoms with Gasteiger partial charge in [-0.15, -0.1) is 0 Å². The van der Waals surface area contributed by atoms with Gasteiger partial charge in [0.15, 0.2) is 0 Å². The van der Waals surface area contributed by atoms with E-state index in [0.29, 0.717) is 0 Å². The van der Waals surface area contributed by atoms with Gasteiger partial charge < -0.3 is 4.74 Å². The van der Waals surface area contributed by atoms with Crippen LogP contribution in [-0.4, -0.2) is 11.6 Å². The van der Waals surface area contributed by atoms with Crippen LogP contribution in [-0.2, 0) is 4.74 Å². The van der Waals surface area contributed by atoms with E-state index in [-0.39, 0.29) is 5.41 Å². The van der Waals surface area contributed by atoms with Crippen molar-refractivity contribution in [3.05, 3.63) is 71.8 Å². The molecule has 1 aromatic heterocycles. The fourth-order valence-corrected chi connectivity index (χ4v) is 2.90. The number of fused-ring (bicyclic) bond motifs is 1. The van der Waals surface area contributed by atoms with E-state index in [1.807, 2.05) is 12.3 Å². The summed E-state index contributed by atoms with van der Waals surface area (Å²) in [7, 11) is 0. The lowest BCUT2D eigenvalue weighted by Crippen LogP contribution is -2.13. The van der Waals surface area contributed by atoms with E-state index in [2.05, 4.69) is 74.3 Å². The Morgan fingerprint density at radius 1 is 1.17 bits per heavy atom. The number of ether oxygens (including phenoxy) is 1. The molecule has 0 bridgehead atoms. The Morgan fingerprint density at radius 2 is 2.00 bits per heavy atom. The van der Waals surface area contributed by atoms with Gasteiger partial charge in [0.2, 0.25) is 0 Å². The van der Waals surface area contributed by atoms with Crippen LogP contribution in [0.2, 0.25) is 0 Å². The minimum absolute atomic E-state index is 0.151. The number of allylic oxidation sites excluding steroid dienone is 3. The van der Waals surface area contributed by atoms with Crippen LogP contribution in [0.3, 0.4) is 0 Å². The predicted molar refractivity (Wildman–Crippen MR) is 102 cm³/mol. The van der Waals surface area contributed by atoms with Crippen molar-refractivity contribution >= 4 is 16.8 Å². The normalized spacial score (nSPS) is 17.0. The van der Waals surface area contributed by atoms with Crippen LogP contribution in [0.25, 0.3) is 16.8 Å². The van der Waals surface area contributed by atoms with E-state index in [4.69, 9.17) is 4.74 Å². The van der Waals surface area contributed by atoms with Gasteiger partial charge in [0.05, 0.1) is 12.3 Å². The molecule has 1 heterocycles. The van der Waals surface area contributed by atoms with Gasteiger partial charge in [0.25, 0.3) is 0 Å². The molecule has 0 amide bonds. The van der Waals surface area contributed by atoms with Crippen LogP contribution in [0, 0.1) is 5.41 Å². The highest BCUT2D eigenvalue weighted by molar-refractivity contribution is 5.89. The summed E-state index contributed by atoms with van der Waals surface area (Å²) in [6.07, 6.45) is 12.6. The monoisotopic (exact) mass is 319 g/mol. The Balaban J connectivity index is 1.89. The molecule has 1 aliphatic rings.